The van der Waals surface area contributed by atoms with Gasteiger partial charge in [0.05, 0.1) is 36.7 Å². The number of halogens is 2. The Hall–Kier alpha value is -2.92. The van der Waals surface area contributed by atoms with Crippen LogP contribution in [0, 0.1) is 11.3 Å². The monoisotopic (exact) mass is 471 g/mol. The van der Waals surface area contributed by atoms with Crippen molar-refractivity contribution < 1.29 is 18.3 Å². The smallest absolute Gasteiger partial charge is 0.258 e. The molecule has 2 fully saturated rings. The van der Waals surface area contributed by atoms with E-state index in [1.807, 2.05) is 13.0 Å². The molecular formula is C23H27F2N7O2. The lowest BCUT2D eigenvalue weighted by atomic mass is 9.87. The predicted octanol–water partition coefficient (Wildman–Crippen LogP) is 2.40. The van der Waals surface area contributed by atoms with Crippen molar-refractivity contribution in [3.05, 3.63) is 23.5 Å². The van der Waals surface area contributed by atoms with Gasteiger partial charge in [-0.3, -0.25) is 14.8 Å². The van der Waals surface area contributed by atoms with Crippen LogP contribution in [0.4, 0.5) is 14.5 Å². The number of nitrogens with zero attached hydrogens (tertiary/aromatic N) is 5. The number of morpholine rings is 1. The number of H-pyrrole nitrogens is 2. The second-order valence-electron chi connectivity index (χ2n) is 9.87. The van der Waals surface area contributed by atoms with Gasteiger partial charge in [0.25, 0.3) is 5.92 Å². The van der Waals surface area contributed by atoms with Crippen LogP contribution in [0.2, 0.25) is 0 Å². The Bertz CT molecular complexity index is 1280. The summed E-state index contributed by atoms with van der Waals surface area (Å²) in [4.78, 5) is 29.0. The highest BCUT2D eigenvalue weighted by atomic mass is 19.3. The molecule has 4 heterocycles. The van der Waals surface area contributed by atoms with Crippen LogP contribution in [-0.2, 0) is 22.4 Å². The minimum absolute atomic E-state index is 0.0300. The first-order valence-corrected chi connectivity index (χ1v) is 11.6. The van der Waals surface area contributed by atoms with Gasteiger partial charge in [-0.1, -0.05) is 6.92 Å². The van der Waals surface area contributed by atoms with E-state index in [4.69, 9.17) is 4.74 Å². The summed E-state index contributed by atoms with van der Waals surface area (Å²) in [6, 6.07) is 1.55. The second kappa shape index (κ2) is 7.29. The van der Waals surface area contributed by atoms with E-state index in [2.05, 4.69) is 30.0 Å². The predicted molar refractivity (Wildman–Crippen MR) is 121 cm³/mol. The van der Waals surface area contributed by atoms with Gasteiger partial charge >= 0.3 is 0 Å². The average Bonchev–Trinajstić information content (AvgIpc) is 3.24. The van der Waals surface area contributed by atoms with Gasteiger partial charge < -0.3 is 14.6 Å². The Labute approximate surface area is 194 Å². The molecule has 1 amide bonds. The number of pyridine rings is 1. The highest BCUT2D eigenvalue weighted by Crippen LogP contribution is 2.70. The minimum atomic E-state index is -2.65. The Morgan fingerprint density at radius 2 is 2.12 bits per heavy atom. The molecule has 0 aromatic carbocycles. The quantitative estimate of drug-likeness (QED) is 0.606. The van der Waals surface area contributed by atoms with Crippen molar-refractivity contribution in [1.29, 1.82) is 0 Å². The Balaban J connectivity index is 1.26. The van der Waals surface area contributed by atoms with Crippen LogP contribution >= 0.6 is 0 Å². The van der Waals surface area contributed by atoms with Crippen LogP contribution in [0.1, 0.15) is 25.1 Å². The molecule has 3 aliphatic rings. The van der Waals surface area contributed by atoms with Gasteiger partial charge in [-0.2, -0.15) is 5.10 Å². The average molecular weight is 472 g/mol. The molecule has 11 heteroatoms. The molecule has 3 aromatic heterocycles. The van der Waals surface area contributed by atoms with E-state index in [-0.39, 0.29) is 24.8 Å². The van der Waals surface area contributed by atoms with Gasteiger partial charge in [0.1, 0.15) is 5.69 Å². The molecule has 3 aromatic rings. The summed E-state index contributed by atoms with van der Waals surface area (Å²) in [6.07, 6.45) is 2.17. The van der Waals surface area contributed by atoms with Crippen molar-refractivity contribution in [2.45, 2.75) is 38.7 Å². The summed E-state index contributed by atoms with van der Waals surface area (Å²) in [5.74, 6) is -2.85. The van der Waals surface area contributed by atoms with Crippen LogP contribution in [0.3, 0.4) is 0 Å². The summed E-state index contributed by atoms with van der Waals surface area (Å²) in [7, 11) is 1.73. The summed E-state index contributed by atoms with van der Waals surface area (Å²) >= 11 is 0. The zero-order valence-corrected chi connectivity index (χ0v) is 19.4. The van der Waals surface area contributed by atoms with Crippen molar-refractivity contribution in [1.82, 2.24) is 30.0 Å². The zero-order valence-electron chi connectivity index (χ0n) is 19.4. The molecule has 2 N–H and O–H groups in total. The fourth-order valence-corrected chi connectivity index (χ4v) is 5.52. The number of fused-ring (bicyclic) bond motifs is 3. The highest BCUT2D eigenvalue weighted by Gasteiger charge is 2.78. The van der Waals surface area contributed by atoms with Crippen molar-refractivity contribution in [3.63, 3.8) is 0 Å². The van der Waals surface area contributed by atoms with Gasteiger partial charge in [-0.05, 0) is 19.4 Å². The van der Waals surface area contributed by atoms with Crippen molar-refractivity contribution in [2.24, 2.45) is 11.3 Å². The number of nitrogens with one attached hydrogen (secondary N) is 2. The Kier molecular flexibility index (Phi) is 4.63. The minimum Gasteiger partial charge on any atom is -0.379 e. The third-order valence-electron chi connectivity index (χ3n) is 8.01. The maximum Gasteiger partial charge on any atom is 0.258 e. The third kappa shape index (κ3) is 3.02. The van der Waals surface area contributed by atoms with E-state index in [0.717, 1.165) is 24.3 Å². The van der Waals surface area contributed by atoms with E-state index in [1.54, 1.807) is 25.1 Å². The number of ether oxygens (including phenoxy) is 1. The molecule has 0 bridgehead atoms. The lowest BCUT2D eigenvalue weighted by Crippen LogP contribution is -2.50. The van der Waals surface area contributed by atoms with E-state index < -0.39 is 17.3 Å². The molecule has 0 radical (unpaired) electrons. The summed E-state index contributed by atoms with van der Waals surface area (Å²) in [5.41, 5.74) is 2.90. The van der Waals surface area contributed by atoms with Crippen LogP contribution < -0.4 is 4.90 Å². The van der Waals surface area contributed by atoms with Gasteiger partial charge in [-0.25, -0.2) is 18.7 Å². The van der Waals surface area contributed by atoms with Gasteiger partial charge in [-0.15, -0.1) is 0 Å². The molecule has 1 saturated heterocycles. The number of carbonyl (C=O) groups excluding carboxylic acids is 1. The molecule has 9 nitrogen and oxygen atoms in total. The number of hydrogen-bond donors (Lipinski definition) is 2. The second-order valence-corrected chi connectivity index (χ2v) is 9.87. The number of alkyl halides is 2. The summed E-state index contributed by atoms with van der Waals surface area (Å²) in [5, 5.41) is 7.33. The largest absolute Gasteiger partial charge is 0.379 e. The summed E-state index contributed by atoms with van der Waals surface area (Å²) < 4.78 is 33.9. The van der Waals surface area contributed by atoms with Crippen molar-refractivity contribution in [3.8, 4) is 11.5 Å². The number of rotatable bonds is 4. The van der Waals surface area contributed by atoms with E-state index >= 15 is 0 Å². The molecule has 0 spiro atoms. The molecular weight excluding hydrogens is 444 g/mol. The lowest BCUT2D eigenvalue weighted by molar-refractivity contribution is -0.124. The number of carbonyl (C=O) groups is 1. The van der Waals surface area contributed by atoms with E-state index in [1.165, 1.54) is 0 Å². The Morgan fingerprint density at radius 3 is 2.88 bits per heavy atom. The maximum atomic E-state index is 14.3. The first kappa shape index (κ1) is 21.6. The first-order chi connectivity index (χ1) is 16.2. The molecule has 3 atom stereocenters. The number of anilines is 1. The van der Waals surface area contributed by atoms with Crippen molar-refractivity contribution >= 4 is 22.8 Å². The Morgan fingerprint density at radius 1 is 1.35 bits per heavy atom. The maximum absolute atomic E-state index is 14.3. The third-order valence-corrected chi connectivity index (χ3v) is 8.01. The molecule has 34 heavy (non-hydrogen) atoms. The number of likely N-dealkylation sites (N-methyl/N-ethyl adjacent to an activating group) is 1. The van der Waals surface area contributed by atoms with Gasteiger partial charge in [0, 0.05) is 49.1 Å². The van der Waals surface area contributed by atoms with Crippen LogP contribution in [0.25, 0.3) is 22.7 Å². The van der Waals surface area contributed by atoms with E-state index in [0.29, 0.717) is 41.6 Å². The fourth-order valence-electron chi connectivity index (χ4n) is 5.52. The van der Waals surface area contributed by atoms with Crippen molar-refractivity contribution in [2.75, 3.05) is 38.3 Å². The molecule has 180 valence electrons. The molecule has 0 unspecified atom stereocenters. The van der Waals surface area contributed by atoms with Crippen LogP contribution in [0.15, 0.2) is 12.3 Å². The zero-order chi connectivity index (χ0) is 23.8. The number of amides is 1. The number of aromatic amines is 2. The molecule has 1 aliphatic heterocycles. The van der Waals surface area contributed by atoms with Crippen LogP contribution in [-0.4, -0.2) is 81.3 Å². The number of imidazole rings is 1. The molecule has 1 saturated carbocycles. The van der Waals surface area contributed by atoms with Gasteiger partial charge in [0.15, 0.2) is 11.5 Å². The fraction of sp³-hybridized carbons (Fsp3) is 0.565. The standard InChI is InChI=1S/C23H27F2N7O2/c1-12(32-4-6-34-7-5-32)21(33)31(3)13-8-15-19(26-11-13)28-20(27-15)18-14-9-17-22(2,23(17,24)25)10-16(14)29-30-18/h8,11-12,17H,4-7,9-10H2,1-3H3,(H,29,30)(H,26,27,28)/t12-,17-,22+/m0/s1. The highest BCUT2D eigenvalue weighted by molar-refractivity contribution is 5.97. The van der Waals surface area contributed by atoms with Gasteiger partial charge in [0.2, 0.25) is 5.91 Å². The normalized spacial score (nSPS) is 26.7. The number of hydrogen-bond acceptors (Lipinski definition) is 6. The SMILES string of the molecule is C[C@@H](C(=O)N(C)c1cnc2nc(-c3n[nH]c4c3C[C@@H]3C(F)(F)[C@]3(C)C4)[nH]c2c1)N1CCOCC1. The topological polar surface area (TPSA) is 103 Å². The summed E-state index contributed by atoms with van der Waals surface area (Å²) in [6.45, 7) is 6.25. The number of aromatic nitrogens is 5. The molecule has 2 aliphatic carbocycles. The lowest BCUT2D eigenvalue weighted by Gasteiger charge is -2.33. The molecule has 6 rings (SSSR count). The van der Waals surface area contributed by atoms with E-state index in [9.17, 15) is 13.6 Å². The van der Waals surface area contributed by atoms with Crippen LogP contribution in [0.5, 0.6) is 0 Å². The first-order valence-electron chi connectivity index (χ1n) is 11.6.